The third-order valence-electron chi connectivity index (χ3n) is 4.47. The second kappa shape index (κ2) is 8.93. The van der Waals surface area contributed by atoms with E-state index >= 15 is 0 Å². The molecule has 1 aliphatic carbocycles. The third kappa shape index (κ3) is 5.84. The number of anilines is 1. The SMILES string of the molecule is Cc1cc(SCC(=O)NCc2ccc(NC(=O)C3CC3)cc2)c(C)cc1Br. The fourth-order valence-electron chi connectivity index (χ4n) is 2.60. The van der Waals surface area contributed by atoms with Crippen molar-refractivity contribution in [2.45, 2.75) is 38.1 Å². The Labute approximate surface area is 172 Å². The normalized spacial score (nSPS) is 13.3. The summed E-state index contributed by atoms with van der Waals surface area (Å²) in [4.78, 5) is 25.0. The Kier molecular flexibility index (Phi) is 6.60. The van der Waals surface area contributed by atoms with Gasteiger partial charge >= 0.3 is 0 Å². The summed E-state index contributed by atoms with van der Waals surface area (Å²) in [6.07, 6.45) is 1.99. The summed E-state index contributed by atoms with van der Waals surface area (Å²) in [7, 11) is 0. The number of hydrogen-bond donors (Lipinski definition) is 2. The van der Waals surface area contributed by atoms with Crippen LogP contribution in [0.2, 0.25) is 0 Å². The number of halogens is 1. The maximum absolute atomic E-state index is 12.1. The number of benzene rings is 2. The van der Waals surface area contributed by atoms with Gasteiger partial charge in [-0.05, 0) is 67.6 Å². The number of carbonyl (C=O) groups is 2. The number of rotatable bonds is 7. The lowest BCUT2D eigenvalue weighted by Gasteiger charge is -2.10. The highest BCUT2D eigenvalue weighted by Crippen LogP contribution is 2.30. The predicted molar refractivity (Wildman–Crippen MR) is 114 cm³/mol. The van der Waals surface area contributed by atoms with Crippen molar-refractivity contribution in [3.05, 3.63) is 57.6 Å². The third-order valence-corrected chi connectivity index (χ3v) is 6.49. The van der Waals surface area contributed by atoms with E-state index < -0.39 is 0 Å². The molecule has 142 valence electrons. The van der Waals surface area contributed by atoms with Crippen molar-refractivity contribution in [2.75, 3.05) is 11.1 Å². The summed E-state index contributed by atoms with van der Waals surface area (Å²) < 4.78 is 1.09. The van der Waals surface area contributed by atoms with Crippen molar-refractivity contribution in [3.8, 4) is 0 Å². The first-order valence-electron chi connectivity index (χ1n) is 8.98. The Morgan fingerprint density at radius 1 is 1.11 bits per heavy atom. The van der Waals surface area contributed by atoms with Gasteiger partial charge in [-0.15, -0.1) is 11.8 Å². The number of thioether (sulfide) groups is 1. The molecule has 0 aromatic heterocycles. The molecule has 2 N–H and O–H groups in total. The van der Waals surface area contributed by atoms with Crippen molar-refractivity contribution in [2.24, 2.45) is 5.92 Å². The molecule has 0 heterocycles. The Bertz CT molecular complexity index is 848. The average molecular weight is 447 g/mol. The van der Waals surface area contributed by atoms with Crippen LogP contribution in [-0.2, 0) is 16.1 Å². The van der Waals surface area contributed by atoms with E-state index in [1.807, 2.05) is 38.1 Å². The molecule has 2 amide bonds. The number of amides is 2. The summed E-state index contributed by atoms with van der Waals surface area (Å²) in [6.45, 7) is 4.58. The molecule has 1 aliphatic rings. The lowest BCUT2D eigenvalue weighted by atomic mass is 10.2. The number of hydrogen-bond acceptors (Lipinski definition) is 3. The number of aryl methyl sites for hydroxylation is 2. The molecule has 2 aromatic rings. The molecule has 1 fully saturated rings. The van der Waals surface area contributed by atoms with Crippen LogP contribution in [-0.4, -0.2) is 17.6 Å². The molecule has 0 saturated heterocycles. The van der Waals surface area contributed by atoms with E-state index in [1.54, 1.807) is 11.8 Å². The van der Waals surface area contributed by atoms with Crippen LogP contribution < -0.4 is 10.6 Å². The van der Waals surface area contributed by atoms with E-state index in [4.69, 9.17) is 0 Å². The summed E-state index contributed by atoms with van der Waals surface area (Å²) in [5.74, 6) is 0.689. The van der Waals surface area contributed by atoms with Gasteiger partial charge in [-0.2, -0.15) is 0 Å². The Morgan fingerprint density at radius 3 is 2.48 bits per heavy atom. The maximum atomic E-state index is 12.1. The first-order valence-corrected chi connectivity index (χ1v) is 10.8. The minimum Gasteiger partial charge on any atom is -0.351 e. The van der Waals surface area contributed by atoms with Crippen LogP contribution in [0.4, 0.5) is 5.69 Å². The zero-order valence-electron chi connectivity index (χ0n) is 15.5. The molecule has 1 saturated carbocycles. The van der Waals surface area contributed by atoms with Gasteiger partial charge in [0.25, 0.3) is 0 Å². The second-order valence-electron chi connectivity index (χ2n) is 6.89. The van der Waals surface area contributed by atoms with Crippen LogP contribution in [0, 0.1) is 19.8 Å². The van der Waals surface area contributed by atoms with Gasteiger partial charge < -0.3 is 10.6 Å². The van der Waals surface area contributed by atoms with Gasteiger partial charge in [-0.1, -0.05) is 28.1 Å². The van der Waals surface area contributed by atoms with Crippen LogP contribution in [0.15, 0.2) is 45.8 Å². The highest BCUT2D eigenvalue weighted by atomic mass is 79.9. The van der Waals surface area contributed by atoms with Crippen molar-refractivity contribution in [3.63, 3.8) is 0 Å². The van der Waals surface area contributed by atoms with Crippen molar-refractivity contribution < 1.29 is 9.59 Å². The quantitative estimate of drug-likeness (QED) is 0.599. The van der Waals surface area contributed by atoms with E-state index in [9.17, 15) is 9.59 Å². The van der Waals surface area contributed by atoms with Crippen LogP contribution in [0.25, 0.3) is 0 Å². The van der Waals surface area contributed by atoms with E-state index in [-0.39, 0.29) is 17.7 Å². The largest absolute Gasteiger partial charge is 0.351 e. The van der Waals surface area contributed by atoms with Crippen molar-refractivity contribution in [1.82, 2.24) is 5.32 Å². The van der Waals surface area contributed by atoms with Gasteiger partial charge in [0.15, 0.2) is 0 Å². The van der Waals surface area contributed by atoms with Crippen LogP contribution in [0.5, 0.6) is 0 Å². The van der Waals surface area contributed by atoms with Crippen molar-refractivity contribution in [1.29, 1.82) is 0 Å². The Balaban J connectivity index is 1.44. The Hall–Kier alpha value is -1.79. The van der Waals surface area contributed by atoms with E-state index in [0.29, 0.717) is 12.3 Å². The lowest BCUT2D eigenvalue weighted by molar-refractivity contribution is -0.119. The smallest absolute Gasteiger partial charge is 0.230 e. The van der Waals surface area contributed by atoms with E-state index in [2.05, 4.69) is 38.7 Å². The fraction of sp³-hybridized carbons (Fsp3) is 0.333. The summed E-state index contributed by atoms with van der Waals surface area (Å²) in [6, 6.07) is 11.8. The van der Waals surface area contributed by atoms with Crippen molar-refractivity contribution >= 4 is 45.2 Å². The van der Waals surface area contributed by atoms with Gasteiger partial charge in [-0.25, -0.2) is 0 Å². The Morgan fingerprint density at radius 2 is 1.81 bits per heavy atom. The molecule has 0 unspecified atom stereocenters. The second-order valence-corrected chi connectivity index (χ2v) is 8.76. The highest BCUT2D eigenvalue weighted by molar-refractivity contribution is 9.10. The lowest BCUT2D eigenvalue weighted by Crippen LogP contribution is -2.24. The molecule has 0 atom stereocenters. The van der Waals surface area contributed by atoms with E-state index in [0.717, 1.165) is 44.6 Å². The van der Waals surface area contributed by atoms with Crippen LogP contribution >= 0.6 is 27.7 Å². The van der Waals surface area contributed by atoms with Gasteiger partial charge in [0, 0.05) is 27.5 Å². The predicted octanol–water partition coefficient (Wildman–Crippen LogP) is 4.82. The van der Waals surface area contributed by atoms with Gasteiger partial charge in [-0.3, -0.25) is 9.59 Å². The monoisotopic (exact) mass is 446 g/mol. The first kappa shape index (κ1) is 20.0. The molecule has 0 aliphatic heterocycles. The summed E-state index contributed by atoms with van der Waals surface area (Å²) in [5.41, 5.74) is 4.14. The molecular formula is C21H23BrN2O2S. The van der Waals surface area contributed by atoms with Crippen LogP contribution in [0.1, 0.15) is 29.5 Å². The zero-order chi connectivity index (χ0) is 19.4. The molecule has 0 spiro atoms. The molecule has 0 radical (unpaired) electrons. The van der Waals surface area contributed by atoms with Gasteiger partial charge in [0.1, 0.15) is 0 Å². The minimum absolute atomic E-state index is 0.00563. The topological polar surface area (TPSA) is 58.2 Å². The van der Waals surface area contributed by atoms with Gasteiger partial charge in [0.2, 0.25) is 11.8 Å². The zero-order valence-corrected chi connectivity index (χ0v) is 17.9. The van der Waals surface area contributed by atoms with Crippen LogP contribution in [0.3, 0.4) is 0 Å². The average Bonchev–Trinajstić information content (AvgIpc) is 3.48. The molecule has 2 aromatic carbocycles. The molecule has 4 nitrogen and oxygen atoms in total. The van der Waals surface area contributed by atoms with Gasteiger partial charge in [0.05, 0.1) is 5.75 Å². The number of carbonyl (C=O) groups excluding carboxylic acids is 2. The molecule has 27 heavy (non-hydrogen) atoms. The molecular weight excluding hydrogens is 424 g/mol. The summed E-state index contributed by atoms with van der Waals surface area (Å²) >= 11 is 5.08. The van der Waals surface area contributed by atoms with E-state index in [1.165, 1.54) is 0 Å². The first-order chi connectivity index (χ1) is 12.9. The highest BCUT2D eigenvalue weighted by Gasteiger charge is 2.29. The standard InChI is InChI=1S/C21H23BrN2O2S/c1-13-10-19(14(2)9-18(13)22)27-12-20(25)23-11-15-3-7-17(8-4-15)24-21(26)16-5-6-16/h3-4,7-10,16H,5-6,11-12H2,1-2H3,(H,23,25)(H,24,26). The molecule has 3 rings (SSSR count). The fourth-order valence-corrected chi connectivity index (χ4v) is 3.99. The molecule has 0 bridgehead atoms. The summed E-state index contributed by atoms with van der Waals surface area (Å²) in [5, 5.41) is 5.86. The minimum atomic E-state index is 0.00563. The molecule has 6 heteroatoms. The maximum Gasteiger partial charge on any atom is 0.230 e. The number of nitrogens with one attached hydrogen (secondary N) is 2.